The highest BCUT2D eigenvalue weighted by atomic mass is 16.7. The number of hydrogen-bond donors (Lipinski definition) is 3. The minimum absolute atomic E-state index is 0.118. The van der Waals surface area contributed by atoms with E-state index in [1.54, 1.807) is 0 Å². The van der Waals surface area contributed by atoms with Crippen LogP contribution in [0.25, 0.3) is 0 Å². The van der Waals surface area contributed by atoms with E-state index in [1.165, 1.54) is 0 Å². The molecule has 9 nitrogen and oxygen atoms in total. The largest absolute Gasteiger partial charge is 0.366 e. The Kier molecular flexibility index (Phi) is 10.0. The van der Waals surface area contributed by atoms with Gasteiger partial charge in [0.05, 0.1) is 12.6 Å². The van der Waals surface area contributed by atoms with Gasteiger partial charge in [-0.05, 0) is 24.0 Å². The maximum atomic E-state index is 12.9. The second-order valence-electron chi connectivity index (χ2n) is 8.08. The predicted octanol–water partition coefficient (Wildman–Crippen LogP) is 1.31. The summed E-state index contributed by atoms with van der Waals surface area (Å²) in [6.45, 7) is 0.855. The standard InChI is InChI=1S/C25H31N3O6/c29-18-28(34-17-20-10-5-2-6-11-20)14-7-12-23(30)26-22(16-19-8-3-1-4-9-19)24(31)27-21-13-15-33-25(21)32/h1-6,8-11,18,21-22,25,32H,7,12-17H2,(H,26,30)(H,27,31)/t21-,22-,25?/m0/s1. The first kappa shape index (κ1) is 25.4. The van der Waals surface area contributed by atoms with Crippen LogP contribution in [0.15, 0.2) is 60.7 Å². The van der Waals surface area contributed by atoms with Gasteiger partial charge >= 0.3 is 0 Å². The normalized spacial score (nSPS) is 18.1. The Hall–Kier alpha value is -3.27. The molecule has 1 aliphatic heterocycles. The predicted molar refractivity (Wildman–Crippen MR) is 124 cm³/mol. The van der Waals surface area contributed by atoms with Crippen LogP contribution in [0, 0.1) is 0 Å². The van der Waals surface area contributed by atoms with Crippen molar-refractivity contribution in [3.8, 4) is 0 Å². The van der Waals surface area contributed by atoms with Crippen molar-refractivity contribution in [3.63, 3.8) is 0 Å². The maximum Gasteiger partial charge on any atom is 0.243 e. The second-order valence-corrected chi connectivity index (χ2v) is 8.08. The average Bonchev–Trinajstić information content (AvgIpc) is 3.26. The van der Waals surface area contributed by atoms with Gasteiger partial charge in [0.2, 0.25) is 18.2 Å². The molecule has 9 heteroatoms. The molecule has 0 saturated carbocycles. The molecule has 3 atom stereocenters. The van der Waals surface area contributed by atoms with Gasteiger partial charge in [0, 0.05) is 19.4 Å². The number of aliphatic hydroxyl groups excluding tert-OH is 1. The zero-order chi connectivity index (χ0) is 24.2. The van der Waals surface area contributed by atoms with Gasteiger partial charge in [0.25, 0.3) is 0 Å². The highest BCUT2D eigenvalue weighted by Gasteiger charge is 2.30. The molecular weight excluding hydrogens is 438 g/mol. The van der Waals surface area contributed by atoms with Gasteiger partial charge in [-0.15, -0.1) is 0 Å². The molecule has 1 saturated heterocycles. The van der Waals surface area contributed by atoms with E-state index in [0.29, 0.717) is 32.3 Å². The summed E-state index contributed by atoms with van der Waals surface area (Å²) in [4.78, 5) is 42.2. The Labute approximate surface area is 199 Å². The zero-order valence-electron chi connectivity index (χ0n) is 19.0. The summed E-state index contributed by atoms with van der Waals surface area (Å²) in [5, 5.41) is 16.5. The monoisotopic (exact) mass is 469 g/mol. The highest BCUT2D eigenvalue weighted by Crippen LogP contribution is 2.12. The molecule has 1 unspecified atom stereocenters. The summed E-state index contributed by atoms with van der Waals surface area (Å²) in [6, 6.07) is 17.5. The summed E-state index contributed by atoms with van der Waals surface area (Å²) >= 11 is 0. The number of hydrogen-bond acceptors (Lipinski definition) is 6. The number of ether oxygens (including phenoxy) is 1. The summed E-state index contributed by atoms with van der Waals surface area (Å²) in [7, 11) is 0. The third kappa shape index (κ3) is 8.26. The van der Waals surface area contributed by atoms with E-state index in [4.69, 9.17) is 9.57 Å². The Morgan fingerprint density at radius 3 is 2.41 bits per heavy atom. The lowest BCUT2D eigenvalue weighted by atomic mass is 10.0. The third-order valence-corrected chi connectivity index (χ3v) is 5.46. The Morgan fingerprint density at radius 1 is 1.12 bits per heavy atom. The first-order valence-corrected chi connectivity index (χ1v) is 11.4. The van der Waals surface area contributed by atoms with Crippen LogP contribution in [0.3, 0.4) is 0 Å². The lowest BCUT2D eigenvalue weighted by molar-refractivity contribution is -0.177. The molecule has 0 radical (unpaired) electrons. The van der Waals surface area contributed by atoms with E-state index in [0.717, 1.165) is 16.2 Å². The average molecular weight is 470 g/mol. The minimum atomic E-state index is -1.05. The summed E-state index contributed by atoms with van der Waals surface area (Å²) < 4.78 is 5.09. The lowest BCUT2D eigenvalue weighted by Gasteiger charge is -2.22. The van der Waals surface area contributed by atoms with Gasteiger partial charge in [-0.2, -0.15) is 0 Å². The van der Waals surface area contributed by atoms with E-state index in [1.807, 2.05) is 60.7 Å². The van der Waals surface area contributed by atoms with E-state index in [9.17, 15) is 19.5 Å². The molecule has 0 spiro atoms. The van der Waals surface area contributed by atoms with Gasteiger partial charge in [-0.1, -0.05) is 60.7 Å². The quantitative estimate of drug-likeness (QED) is 0.301. The number of hydroxylamine groups is 2. The van der Waals surface area contributed by atoms with E-state index in [-0.39, 0.29) is 31.4 Å². The first-order chi connectivity index (χ1) is 16.5. The molecule has 2 aromatic rings. The fourth-order valence-electron chi connectivity index (χ4n) is 3.60. The molecular formula is C25H31N3O6. The van der Waals surface area contributed by atoms with Crippen molar-refractivity contribution < 1.29 is 29.1 Å². The van der Waals surface area contributed by atoms with Gasteiger partial charge < -0.3 is 20.5 Å². The molecule has 3 N–H and O–H groups in total. The molecule has 3 amide bonds. The fourth-order valence-corrected chi connectivity index (χ4v) is 3.60. The molecule has 0 bridgehead atoms. The van der Waals surface area contributed by atoms with E-state index < -0.39 is 18.4 Å². The summed E-state index contributed by atoms with van der Waals surface area (Å²) in [6.07, 6.45) is 0.830. The van der Waals surface area contributed by atoms with Crippen LogP contribution in [0.2, 0.25) is 0 Å². The van der Waals surface area contributed by atoms with Gasteiger partial charge in [0.1, 0.15) is 12.6 Å². The molecule has 0 aromatic heterocycles. The van der Waals surface area contributed by atoms with Crippen LogP contribution in [0.1, 0.15) is 30.4 Å². The van der Waals surface area contributed by atoms with E-state index in [2.05, 4.69) is 10.6 Å². The number of aliphatic hydroxyl groups is 1. The molecule has 3 rings (SSSR count). The van der Waals surface area contributed by atoms with Crippen LogP contribution < -0.4 is 10.6 Å². The van der Waals surface area contributed by atoms with Crippen molar-refractivity contribution in [1.82, 2.24) is 15.7 Å². The molecule has 34 heavy (non-hydrogen) atoms. The topological polar surface area (TPSA) is 117 Å². The second kappa shape index (κ2) is 13.4. The van der Waals surface area contributed by atoms with Crippen molar-refractivity contribution >= 4 is 18.2 Å². The minimum Gasteiger partial charge on any atom is -0.366 e. The fraction of sp³-hybridized carbons (Fsp3) is 0.400. The number of benzene rings is 2. The zero-order valence-corrected chi connectivity index (χ0v) is 19.0. The number of amides is 3. The van der Waals surface area contributed by atoms with Gasteiger partial charge in [0.15, 0.2) is 6.29 Å². The van der Waals surface area contributed by atoms with E-state index >= 15 is 0 Å². The number of carbonyl (C=O) groups is 3. The molecule has 1 aliphatic rings. The molecule has 1 heterocycles. The highest BCUT2D eigenvalue weighted by molar-refractivity contribution is 5.88. The van der Waals surface area contributed by atoms with Crippen LogP contribution >= 0.6 is 0 Å². The number of rotatable bonds is 13. The van der Waals surface area contributed by atoms with Crippen molar-refractivity contribution in [2.45, 2.75) is 50.7 Å². The maximum absolute atomic E-state index is 12.9. The van der Waals surface area contributed by atoms with Crippen molar-refractivity contribution in [2.75, 3.05) is 13.2 Å². The number of nitrogens with one attached hydrogen (secondary N) is 2. The third-order valence-electron chi connectivity index (χ3n) is 5.46. The Morgan fingerprint density at radius 2 is 1.79 bits per heavy atom. The molecule has 2 aromatic carbocycles. The van der Waals surface area contributed by atoms with Crippen LogP contribution in [0.4, 0.5) is 0 Å². The molecule has 182 valence electrons. The first-order valence-electron chi connectivity index (χ1n) is 11.4. The number of carbonyl (C=O) groups excluding carboxylic acids is 3. The number of nitrogens with zero attached hydrogens (tertiary/aromatic N) is 1. The SMILES string of the molecule is O=CN(CCCC(=O)N[C@@H](Cc1ccccc1)C(=O)N[C@H]1CCOC1O)OCc1ccccc1. The molecule has 1 fully saturated rings. The summed E-state index contributed by atoms with van der Waals surface area (Å²) in [5.41, 5.74) is 1.83. The lowest BCUT2D eigenvalue weighted by Crippen LogP contribution is -2.52. The smallest absolute Gasteiger partial charge is 0.243 e. The Balaban J connectivity index is 1.49. The Bertz CT molecular complexity index is 911. The van der Waals surface area contributed by atoms with Crippen LogP contribution in [-0.2, 0) is 37.0 Å². The van der Waals surface area contributed by atoms with Crippen molar-refractivity contribution in [3.05, 3.63) is 71.8 Å². The molecule has 0 aliphatic carbocycles. The van der Waals surface area contributed by atoms with Gasteiger partial charge in [-0.3, -0.25) is 19.2 Å². The van der Waals surface area contributed by atoms with Crippen molar-refractivity contribution in [1.29, 1.82) is 0 Å². The van der Waals surface area contributed by atoms with Crippen molar-refractivity contribution in [2.24, 2.45) is 0 Å². The van der Waals surface area contributed by atoms with Gasteiger partial charge in [-0.25, -0.2) is 5.06 Å². The summed E-state index contributed by atoms with van der Waals surface area (Å²) in [5.74, 6) is -0.694. The van der Waals surface area contributed by atoms with Crippen LogP contribution in [0.5, 0.6) is 0 Å². The van der Waals surface area contributed by atoms with Crippen LogP contribution in [-0.4, -0.2) is 59.9 Å².